The van der Waals surface area contributed by atoms with Crippen molar-refractivity contribution in [1.82, 2.24) is 15.2 Å². The fourth-order valence-electron chi connectivity index (χ4n) is 3.02. The molecule has 1 aliphatic carbocycles. The number of hydrazone groups is 1. The van der Waals surface area contributed by atoms with Crippen LogP contribution in [0.25, 0.3) is 11.1 Å². The van der Waals surface area contributed by atoms with Crippen LogP contribution in [0.4, 0.5) is 5.95 Å². The smallest absolute Gasteiger partial charge is 0.274 e. The van der Waals surface area contributed by atoms with Gasteiger partial charge in [0.05, 0.1) is 5.71 Å². The van der Waals surface area contributed by atoms with Gasteiger partial charge in [0.1, 0.15) is 5.69 Å². The highest BCUT2D eigenvalue weighted by Gasteiger charge is 2.18. The second kappa shape index (κ2) is 5.98. The lowest BCUT2D eigenvalue weighted by atomic mass is 10.0. The van der Waals surface area contributed by atoms with E-state index in [4.69, 9.17) is 0 Å². The van der Waals surface area contributed by atoms with Gasteiger partial charge >= 0.3 is 0 Å². The van der Waals surface area contributed by atoms with E-state index in [1.54, 1.807) is 6.92 Å². The van der Waals surface area contributed by atoms with Crippen molar-refractivity contribution >= 4 is 11.7 Å². The molecule has 2 aromatic carbocycles. The van der Waals surface area contributed by atoms with E-state index < -0.39 is 0 Å². The number of fused-ring (bicyclic) bond motifs is 3. The Kier molecular flexibility index (Phi) is 3.65. The largest absolute Gasteiger partial charge is 0.288 e. The van der Waals surface area contributed by atoms with Crippen molar-refractivity contribution in [2.24, 2.45) is 5.10 Å². The first-order valence-electron chi connectivity index (χ1n) is 8.07. The molecule has 0 fully saturated rings. The molecular weight excluding hydrogens is 314 g/mol. The number of aromatic nitrogens is 3. The molecule has 25 heavy (non-hydrogen) atoms. The molecule has 0 amide bonds. The molecule has 1 heterocycles. The molecule has 0 saturated heterocycles. The summed E-state index contributed by atoms with van der Waals surface area (Å²) >= 11 is 0. The van der Waals surface area contributed by atoms with Gasteiger partial charge in [-0.15, -0.1) is 10.2 Å². The van der Waals surface area contributed by atoms with Crippen LogP contribution in [0.1, 0.15) is 29.3 Å². The molecule has 2 N–H and O–H groups in total. The van der Waals surface area contributed by atoms with Gasteiger partial charge in [0.25, 0.3) is 5.56 Å². The van der Waals surface area contributed by atoms with Gasteiger partial charge in [-0.05, 0) is 54.2 Å². The van der Waals surface area contributed by atoms with Crippen LogP contribution < -0.4 is 11.0 Å². The zero-order chi connectivity index (χ0) is 17.4. The summed E-state index contributed by atoms with van der Waals surface area (Å²) in [6.07, 6.45) is 0.941. The highest BCUT2D eigenvalue weighted by atomic mass is 16.1. The molecule has 124 valence electrons. The normalized spacial score (nSPS) is 12.6. The van der Waals surface area contributed by atoms with E-state index >= 15 is 0 Å². The third-order valence-electron chi connectivity index (χ3n) is 4.40. The lowest BCUT2D eigenvalue weighted by Crippen LogP contribution is -2.16. The molecule has 6 heteroatoms. The number of benzene rings is 2. The molecule has 3 aromatic rings. The molecule has 0 aliphatic heterocycles. The molecule has 6 nitrogen and oxygen atoms in total. The monoisotopic (exact) mass is 331 g/mol. The number of aromatic amines is 1. The molecule has 0 bridgehead atoms. The number of nitrogens with zero attached hydrogens (tertiary/aromatic N) is 3. The van der Waals surface area contributed by atoms with Gasteiger partial charge in [-0.25, -0.2) is 5.43 Å². The van der Waals surface area contributed by atoms with Crippen LogP contribution in [0.5, 0.6) is 0 Å². The summed E-state index contributed by atoms with van der Waals surface area (Å²) in [5, 5.41) is 11.9. The van der Waals surface area contributed by atoms with Crippen LogP contribution in [0.2, 0.25) is 0 Å². The minimum Gasteiger partial charge on any atom is -0.288 e. The van der Waals surface area contributed by atoms with Crippen molar-refractivity contribution < 1.29 is 0 Å². The van der Waals surface area contributed by atoms with E-state index in [-0.39, 0.29) is 11.5 Å². The summed E-state index contributed by atoms with van der Waals surface area (Å²) in [6.45, 7) is 3.52. The molecule has 4 rings (SSSR count). The Morgan fingerprint density at radius 2 is 1.92 bits per heavy atom. The number of hydrogen-bond donors (Lipinski definition) is 2. The molecular formula is C19H17N5O. The molecule has 0 spiro atoms. The lowest BCUT2D eigenvalue weighted by Gasteiger charge is -2.06. The summed E-state index contributed by atoms with van der Waals surface area (Å²) in [6, 6.07) is 14.8. The number of nitrogens with one attached hydrogen (secondary N) is 2. The van der Waals surface area contributed by atoms with Crippen LogP contribution in [-0.4, -0.2) is 20.9 Å². The fourth-order valence-corrected chi connectivity index (χ4v) is 3.02. The lowest BCUT2D eigenvalue weighted by molar-refractivity contribution is 0.897. The van der Waals surface area contributed by atoms with Crippen molar-refractivity contribution in [2.75, 3.05) is 5.43 Å². The maximum absolute atomic E-state index is 11.5. The summed E-state index contributed by atoms with van der Waals surface area (Å²) in [5.74, 6) is 0.225. The Hall–Kier alpha value is -3.28. The van der Waals surface area contributed by atoms with E-state index in [0.717, 1.165) is 17.7 Å². The standard InChI is InChI=1S/C19H17N5O/c1-11(21-23-19-20-18(25)12(2)22-24-19)13-7-8-17-15(9-13)10-14-5-3-4-6-16(14)17/h3-9H,10H2,1-2H3,(H2,20,23,24,25)/b21-11-. The summed E-state index contributed by atoms with van der Waals surface area (Å²) in [4.78, 5) is 14.1. The molecule has 1 aliphatic rings. The van der Waals surface area contributed by atoms with Crippen molar-refractivity contribution in [3.63, 3.8) is 0 Å². The van der Waals surface area contributed by atoms with Gasteiger partial charge in [0.2, 0.25) is 5.95 Å². The third-order valence-corrected chi connectivity index (χ3v) is 4.40. The third kappa shape index (κ3) is 2.82. The van der Waals surface area contributed by atoms with Crippen molar-refractivity contribution in [3.05, 3.63) is 75.2 Å². The van der Waals surface area contributed by atoms with Crippen LogP contribution in [0, 0.1) is 6.92 Å². The summed E-state index contributed by atoms with van der Waals surface area (Å²) < 4.78 is 0. The Morgan fingerprint density at radius 3 is 2.76 bits per heavy atom. The summed E-state index contributed by atoms with van der Waals surface area (Å²) in [5.41, 5.74) is 9.89. The summed E-state index contributed by atoms with van der Waals surface area (Å²) in [7, 11) is 0. The SMILES string of the molecule is C/C(=N/Nc1nnc(C)c(=O)[nH]1)c1ccc2c(c1)Cc1ccccc1-2. The predicted molar refractivity (Wildman–Crippen MR) is 97.9 cm³/mol. The minimum atomic E-state index is -0.277. The topological polar surface area (TPSA) is 83.0 Å². The van der Waals surface area contributed by atoms with Crippen molar-refractivity contribution in [3.8, 4) is 11.1 Å². The molecule has 0 unspecified atom stereocenters. The highest BCUT2D eigenvalue weighted by molar-refractivity contribution is 6.00. The Labute approximate surface area is 144 Å². The maximum Gasteiger partial charge on any atom is 0.274 e. The van der Waals surface area contributed by atoms with E-state index in [1.165, 1.54) is 22.3 Å². The zero-order valence-corrected chi connectivity index (χ0v) is 14.0. The van der Waals surface area contributed by atoms with Crippen LogP contribution in [-0.2, 0) is 6.42 Å². The highest BCUT2D eigenvalue weighted by Crippen LogP contribution is 2.36. The molecule has 0 saturated carbocycles. The first-order chi connectivity index (χ1) is 12.1. The van der Waals surface area contributed by atoms with Crippen molar-refractivity contribution in [1.29, 1.82) is 0 Å². The van der Waals surface area contributed by atoms with E-state index in [0.29, 0.717) is 5.69 Å². The van der Waals surface area contributed by atoms with Crippen molar-refractivity contribution in [2.45, 2.75) is 20.3 Å². The van der Waals surface area contributed by atoms with E-state index in [2.05, 4.69) is 68.2 Å². The number of rotatable bonds is 3. The second-order valence-electron chi connectivity index (χ2n) is 6.10. The average Bonchev–Trinajstić information content (AvgIpc) is 3.00. The predicted octanol–water partition coefficient (Wildman–Crippen LogP) is 2.88. The van der Waals surface area contributed by atoms with Gasteiger partial charge in [-0.2, -0.15) is 5.10 Å². The Bertz CT molecular complexity index is 1050. The first-order valence-corrected chi connectivity index (χ1v) is 8.07. The van der Waals surface area contributed by atoms with Crippen LogP contribution in [0.15, 0.2) is 52.4 Å². The zero-order valence-electron chi connectivity index (χ0n) is 14.0. The number of anilines is 1. The van der Waals surface area contributed by atoms with Gasteiger partial charge in [0.15, 0.2) is 0 Å². The minimum absolute atomic E-state index is 0.225. The maximum atomic E-state index is 11.5. The Morgan fingerprint density at radius 1 is 1.12 bits per heavy atom. The fraction of sp³-hybridized carbons (Fsp3) is 0.158. The number of aryl methyl sites for hydroxylation is 1. The Balaban J connectivity index is 1.59. The van der Waals surface area contributed by atoms with Gasteiger partial charge in [0, 0.05) is 0 Å². The van der Waals surface area contributed by atoms with Gasteiger partial charge in [-0.1, -0.05) is 36.4 Å². The quantitative estimate of drug-likeness (QED) is 0.447. The molecule has 0 atom stereocenters. The van der Waals surface area contributed by atoms with Gasteiger partial charge in [-0.3, -0.25) is 9.78 Å². The van der Waals surface area contributed by atoms with Crippen LogP contribution >= 0.6 is 0 Å². The van der Waals surface area contributed by atoms with Gasteiger partial charge < -0.3 is 0 Å². The average molecular weight is 331 g/mol. The van der Waals surface area contributed by atoms with Crippen LogP contribution in [0.3, 0.4) is 0 Å². The van der Waals surface area contributed by atoms with E-state index in [9.17, 15) is 4.79 Å². The number of hydrogen-bond acceptors (Lipinski definition) is 5. The van der Waals surface area contributed by atoms with E-state index in [1.807, 2.05) is 6.92 Å². The molecule has 1 aromatic heterocycles. The first kappa shape index (κ1) is 15.3. The second-order valence-corrected chi connectivity index (χ2v) is 6.10. The molecule has 0 radical (unpaired) electrons. The number of H-pyrrole nitrogens is 1.